The predicted octanol–water partition coefficient (Wildman–Crippen LogP) is 2.08. The molecule has 2 N–H and O–H groups in total. The monoisotopic (exact) mass is 375 g/mol. The first-order valence-electron chi connectivity index (χ1n) is 8.85. The molecule has 0 unspecified atom stereocenters. The molecule has 7 nitrogen and oxygen atoms in total. The summed E-state index contributed by atoms with van der Waals surface area (Å²) < 4.78 is 27.2. The smallest absolute Gasteiger partial charge is 0.240 e. The van der Waals surface area contributed by atoms with Crippen LogP contribution in [0.3, 0.4) is 0 Å². The third-order valence-corrected chi connectivity index (χ3v) is 5.73. The van der Waals surface area contributed by atoms with Crippen LogP contribution in [0, 0.1) is 13.8 Å². The van der Waals surface area contributed by atoms with Gasteiger partial charge in [-0.1, -0.05) is 12.1 Å². The lowest BCUT2D eigenvalue weighted by molar-refractivity contribution is 0.582. The number of aromatic nitrogens is 2. The number of hydrogen-bond acceptors (Lipinski definition) is 6. The van der Waals surface area contributed by atoms with Gasteiger partial charge in [0.15, 0.2) is 0 Å². The highest BCUT2D eigenvalue weighted by Gasteiger charge is 2.16. The summed E-state index contributed by atoms with van der Waals surface area (Å²) in [6.07, 6.45) is 2.37. The molecule has 3 rings (SSSR count). The fraction of sp³-hybridized carbons (Fsp3) is 0.444. The summed E-state index contributed by atoms with van der Waals surface area (Å²) in [5, 5.41) is 3.11. The third-order valence-electron chi connectivity index (χ3n) is 4.27. The first-order valence-corrected chi connectivity index (χ1v) is 10.3. The van der Waals surface area contributed by atoms with E-state index in [1.165, 1.54) is 12.8 Å². The van der Waals surface area contributed by atoms with E-state index in [0.717, 1.165) is 30.2 Å². The molecule has 0 atom stereocenters. The molecule has 0 bridgehead atoms. The van der Waals surface area contributed by atoms with Crippen LogP contribution in [0.2, 0.25) is 0 Å². The number of nitrogens with zero attached hydrogens (tertiary/aromatic N) is 3. The van der Waals surface area contributed by atoms with E-state index in [9.17, 15) is 8.42 Å². The Labute approximate surface area is 154 Å². The molecule has 0 aliphatic carbocycles. The fourth-order valence-corrected chi connectivity index (χ4v) is 4.10. The minimum absolute atomic E-state index is 0.257. The lowest BCUT2D eigenvalue weighted by Crippen LogP contribution is -2.29. The van der Waals surface area contributed by atoms with Crippen molar-refractivity contribution in [1.82, 2.24) is 14.7 Å². The van der Waals surface area contributed by atoms with Crippen molar-refractivity contribution in [3.8, 4) is 0 Å². The lowest BCUT2D eigenvalue weighted by Gasteiger charge is -2.17. The standard InChI is InChI=1S/C18H25N5O2S/c1-14-6-5-7-16(12-14)26(24,25)20-9-8-19-18-21-15(2)13-17(22-18)23-10-3-4-11-23/h5-7,12-13,20H,3-4,8-11H2,1-2H3,(H,19,21,22). The summed E-state index contributed by atoms with van der Waals surface area (Å²) in [7, 11) is -3.51. The van der Waals surface area contributed by atoms with Gasteiger partial charge in [-0.25, -0.2) is 18.1 Å². The maximum atomic E-state index is 12.3. The Kier molecular flexibility index (Phi) is 5.73. The van der Waals surface area contributed by atoms with Crippen LogP contribution in [-0.4, -0.2) is 44.6 Å². The van der Waals surface area contributed by atoms with Crippen LogP contribution >= 0.6 is 0 Å². The van der Waals surface area contributed by atoms with E-state index >= 15 is 0 Å². The molecule has 8 heteroatoms. The number of aryl methyl sites for hydroxylation is 2. The topological polar surface area (TPSA) is 87.2 Å². The Bertz CT molecular complexity index is 864. The van der Waals surface area contributed by atoms with Gasteiger partial charge in [0, 0.05) is 37.9 Å². The van der Waals surface area contributed by atoms with Crippen molar-refractivity contribution in [2.45, 2.75) is 31.6 Å². The van der Waals surface area contributed by atoms with Gasteiger partial charge in [-0.2, -0.15) is 4.98 Å². The summed E-state index contributed by atoms with van der Waals surface area (Å²) in [6, 6.07) is 8.84. The maximum Gasteiger partial charge on any atom is 0.240 e. The highest BCUT2D eigenvalue weighted by atomic mass is 32.2. The van der Waals surface area contributed by atoms with Crippen LogP contribution in [0.25, 0.3) is 0 Å². The molecular weight excluding hydrogens is 350 g/mol. The molecule has 0 spiro atoms. The number of anilines is 2. The minimum Gasteiger partial charge on any atom is -0.356 e. The van der Waals surface area contributed by atoms with Gasteiger partial charge in [-0.3, -0.25) is 0 Å². The molecule has 1 aliphatic heterocycles. The average molecular weight is 375 g/mol. The second-order valence-corrected chi connectivity index (χ2v) is 8.29. The molecular formula is C18H25N5O2S. The number of hydrogen-bond donors (Lipinski definition) is 2. The van der Waals surface area contributed by atoms with Crippen molar-refractivity contribution < 1.29 is 8.42 Å². The van der Waals surface area contributed by atoms with Crippen molar-refractivity contribution in [3.05, 3.63) is 41.6 Å². The highest BCUT2D eigenvalue weighted by molar-refractivity contribution is 7.89. The Morgan fingerprint density at radius 2 is 1.85 bits per heavy atom. The van der Waals surface area contributed by atoms with Gasteiger partial charge in [-0.15, -0.1) is 0 Å². The molecule has 26 heavy (non-hydrogen) atoms. The van der Waals surface area contributed by atoms with Crippen LogP contribution in [0.4, 0.5) is 11.8 Å². The summed E-state index contributed by atoms with van der Waals surface area (Å²) in [5.74, 6) is 1.46. The van der Waals surface area contributed by atoms with Crippen molar-refractivity contribution >= 4 is 21.8 Å². The molecule has 1 aliphatic rings. The van der Waals surface area contributed by atoms with Crippen molar-refractivity contribution in [2.24, 2.45) is 0 Å². The largest absolute Gasteiger partial charge is 0.356 e. The zero-order valence-electron chi connectivity index (χ0n) is 15.2. The quantitative estimate of drug-likeness (QED) is 0.721. The predicted molar refractivity (Wildman–Crippen MR) is 103 cm³/mol. The van der Waals surface area contributed by atoms with Gasteiger partial charge in [0.25, 0.3) is 0 Å². The molecule has 140 valence electrons. The SMILES string of the molecule is Cc1cccc(S(=O)(=O)NCCNc2nc(C)cc(N3CCCC3)n2)c1. The number of sulfonamides is 1. The van der Waals surface area contributed by atoms with E-state index < -0.39 is 10.0 Å². The summed E-state index contributed by atoms with van der Waals surface area (Å²) in [6.45, 7) is 6.51. The average Bonchev–Trinajstić information content (AvgIpc) is 3.13. The molecule has 1 fully saturated rings. The van der Waals surface area contributed by atoms with E-state index in [1.54, 1.807) is 18.2 Å². The normalized spacial score (nSPS) is 14.6. The van der Waals surface area contributed by atoms with Gasteiger partial charge >= 0.3 is 0 Å². The third kappa shape index (κ3) is 4.70. The molecule has 0 radical (unpaired) electrons. The fourth-order valence-electron chi connectivity index (χ4n) is 2.96. The summed E-state index contributed by atoms with van der Waals surface area (Å²) >= 11 is 0. The number of nitrogens with one attached hydrogen (secondary N) is 2. The zero-order valence-corrected chi connectivity index (χ0v) is 16.0. The van der Waals surface area contributed by atoms with Gasteiger partial charge in [0.05, 0.1) is 4.90 Å². The molecule has 1 aromatic heterocycles. The van der Waals surface area contributed by atoms with Crippen molar-refractivity contribution in [1.29, 1.82) is 0 Å². The molecule has 1 aromatic carbocycles. The van der Waals surface area contributed by atoms with Crippen LogP contribution in [0.1, 0.15) is 24.1 Å². The van der Waals surface area contributed by atoms with Crippen LogP contribution in [0.15, 0.2) is 35.2 Å². The maximum absolute atomic E-state index is 12.3. The second kappa shape index (κ2) is 8.01. The Morgan fingerprint density at radius 1 is 1.08 bits per heavy atom. The van der Waals surface area contributed by atoms with E-state index in [4.69, 9.17) is 0 Å². The Morgan fingerprint density at radius 3 is 2.58 bits per heavy atom. The molecule has 2 heterocycles. The van der Waals surface area contributed by atoms with Crippen molar-refractivity contribution in [3.63, 3.8) is 0 Å². The van der Waals surface area contributed by atoms with Gasteiger partial charge in [0.1, 0.15) is 5.82 Å². The summed E-state index contributed by atoms with van der Waals surface area (Å²) in [4.78, 5) is 11.5. The van der Waals surface area contributed by atoms with Gasteiger partial charge < -0.3 is 10.2 Å². The van der Waals surface area contributed by atoms with E-state index in [1.807, 2.05) is 26.0 Å². The molecule has 1 saturated heterocycles. The van der Waals surface area contributed by atoms with E-state index in [0.29, 0.717) is 12.5 Å². The Balaban J connectivity index is 1.56. The Hall–Kier alpha value is -2.19. The van der Waals surface area contributed by atoms with Gasteiger partial charge in [0.2, 0.25) is 16.0 Å². The summed E-state index contributed by atoms with van der Waals surface area (Å²) in [5.41, 5.74) is 1.80. The molecule has 2 aromatic rings. The van der Waals surface area contributed by atoms with Crippen LogP contribution < -0.4 is 14.9 Å². The van der Waals surface area contributed by atoms with Gasteiger partial charge in [-0.05, 0) is 44.4 Å². The highest BCUT2D eigenvalue weighted by Crippen LogP contribution is 2.19. The zero-order chi connectivity index (χ0) is 18.6. The molecule has 0 amide bonds. The minimum atomic E-state index is -3.51. The first-order chi connectivity index (χ1) is 12.4. The van der Waals surface area contributed by atoms with Crippen LogP contribution in [-0.2, 0) is 10.0 Å². The van der Waals surface area contributed by atoms with E-state index in [-0.39, 0.29) is 11.4 Å². The lowest BCUT2D eigenvalue weighted by atomic mass is 10.2. The molecule has 0 saturated carbocycles. The van der Waals surface area contributed by atoms with Crippen molar-refractivity contribution in [2.75, 3.05) is 36.4 Å². The number of rotatable bonds is 7. The van der Waals surface area contributed by atoms with Crippen LogP contribution in [0.5, 0.6) is 0 Å². The second-order valence-electron chi connectivity index (χ2n) is 6.53. The first kappa shape index (κ1) is 18.6. The number of benzene rings is 1. The van der Waals surface area contributed by atoms with E-state index in [2.05, 4.69) is 24.9 Å².